The van der Waals surface area contributed by atoms with Crippen molar-refractivity contribution in [3.8, 4) is 28.6 Å². The first-order valence-corrected chi connectivity index (χ1v) is 25.1. The molecule has 3 aliphatic heterocycles. The molecule has 3 aliphatic rings. The third kappa shape index (κ3) is 10.8. The van der Waals surface area contributed by atoms with Gasteiger partial charge in [-0.1, -0.05) is 50.1 Å². The van der Waals surface area contributed by atoms with E-state index in [9.17, 15) is 33.9 Å². The summed E-state index contributed by atoms with van der Waals surface area (Å²) < 4.78 is 34.2. The highest BCUT2D eigenvalue weighted by Crippen LogP contribution is 2.42. The first-order valence-electron chi connectivity index (χ1n) is 20.1. The van der Waals surface area contributed by atoms with Crippen molar-refractivity contribution in [2.45, 2.75) is 44.9 Å². The van der Waals surface area contributed by atoms with Crippen LogP contribution in [0.5, 0.6) is 17.2 Å². The molecule has 4 aromatic rings. The normalized spacial score (nSPS) is 15.4. The predicted octanol–water partition coefficient (Wildman–Crippen LogP) is 5.06. The molecule has 7 rings (SSSR count). The molecule has 0 bridgehead atoms. The Morgan fingerprint density at radius 3 is 2.30 bits per heavy atom. The molecule has 0 radical (unpaired) electrons. The largest absolute Gasteiger partial charge is 0.509 e. The number of phenolic OH excluding ortho intramolecular Hbond substituents is 1. The minimum absolute atomic E-state index is 0.0105. The van der Waals surface area contributed by atoms with Gasteiger partial charge in [-0.05, 0) is 48.9 Å². The molecule has 5 heterocycles. The van der Waals surface area contributed by atoms with Crippen molar-refractivity contribution in [3.05, 3.63) is 81.1 Å². The maximum Gasteiger partial charge on any atom is 0.509 e. The van der Waals surface area contributed by atoms with E-state index in [1.165, 1.54) is 67.4 Å². The predicted molar refractivity (Wildman–Crippen MR) is 242 cm³/mol. The molecule has 22 heteroatoms. The highest BCUT2D eigenvalue weighted by atomic mass is 33.1. The highest BCUT2D eigenvalue weighted by molar-refractivity contribution is 8.77. The summed E-state index contributed by atoms with van der Waals surface area (Å²) in [7, 11) is 5.80. The van der Waals surface area contributed by atoms with Gasteiger partial charge in [0.05, 0.1) is 35.4 Å². The molecule has 64 heavy (non-hydrogen) atoms. The van der Waals surface area contributed by atoms with Gasteiger partial charge in [-0.3, -0.25) is 24.6 Å². The molecule has 0 spiro atoms. The van der Waals surface area contributed by atoms with E-state index in [4.69, 9.17) is 38.8 Å². The number of ether oxygens (including phenoxy) is 6. The molecule has 338 valence electrons. The van der Waals surface area contributed by atoms with Crippen molar-refractivity contribution >= 4 is 89.7 Å². The zero-order valence-electron chi connectivity index (χ0n) is 34.4. The van der Waals surface area contributed by atoms with Crippen LogP contribution in [0.25, 0.3) is 22.3 Å². The minimum atomic E-state index is -1.91. The van der Waals surface area contributed by atoms with Gasteiger partial charge < -0.3 is 48.7 Å². The summed E-state index contributed by atoms with van der Waals surface area (Å²) in [5, 5.41) is 23.6. The Kier molecular flexibility index (Phi) is 15.5. The molecule has 2 aromatic carbocycles. The minimum Gasteiger partial charge on any atom is -0.508 e. The van der Waals surface area contributed by atoms with Crippen LogP contribution in [0.4, 0.5) is 4.79 Å². The maximum absolute atomic E-state index is 13.8. The quantitative estimate of drug-likeness (QED) is 0.0247. The summed E-state index contributed by atoms with van der Waals surface area (Å²) in [5.74, 6) is 1.19. The number of aromatic nitrogens is 2. The lowest BCUT2D eigenvalue weighted by Gasteiger charge is -2.35. The van der Waals surface area contributed by atoms with Crippen LogP contribution >= 0.6 is 43.2 Å². The van der Waals surface area contributed by atoms with Crippen molar-refractivity contribution in [2.24, 2.45) is 0 Å². The standard InChI is InChI=1S/C42H43N5O13S4/c1-2-42(29-19-31-37-26(21-47(31)39(52)28(29)22-57-40(42)53)17-25-18-32-33(59-23-58-32)20-30(25)46-37)60-41(54)56-12-16-64-63-15-11-55-35(50)8-7-34(49)44-9-13-61-62-14-10-45-38(51)36(43)24-3-5-27(48)6-4-24/h3-6,17-20,43,48H,2,7-16,21-23H2,1H3,(H,44,49)(H,45,51)/t42-/m0/s1. The van der Waals surface area contributed by atoms with Crippen molar-refractivity contribution in [1.29, 1.82) is 5.41 Å². The van der Waals surface area contributed by atoms with Gasteiger partial charge in [0.25, 0.3) is 11.5 Å². The van der Waals surface area contributed by atoms with Gasteiger partial charge in [-0.15, -0.1) is 0 Å². The molecule has 0 saturated heterocycles. The average molecular weight is 954 g/mol. The topological polar surface area (TPSA) is 244 Å². The van der Waals surface area contributed by atoms with Crippen LogP contribution < -0.4 is 25.7 Å². The Balaban J connectivity index is 0.756. The van der Waals surface area contributed by atoms with E-state index in [0.717, 1.165) is 10.9 Å². The monoisotopic (exact) mass is 953 g/mol. The number of hydrogen-bond donors (Lipinski definition) is 4. The first-order chi connectivity index (χ1) is 31.0. The van der Waals surface area contributed by atoms with Gasteiger partial charge in [0.15, 0.2) is 11.5 Å². The van der Waals surface area contributed by atoms with Crippen LogP contribution in [-0.2, 0) is 56.9 Å². The number of hydrogen-bond acceptors (Lipinski definition) is 19. The second kappa shape index (κ2) is 21.4. The number of nitrogens with one attached hydrogen (secondary N) is 3. The molecule has 18 nitrogen and oxygen atoms in total. The number of esters is 2. The lowest BCUT2D eigenvalue weighted by Crippen LogP contribution is -2.47. The third-order valence-electron chi connectivity index (χ3n) is 10.1. The highest BCUT2D eigenvalue weighted by Gasteiger charge is 2.51. The summed E-state index contributed by atoms with van der Waals surface area (Å²) >= 11 is 0. The number of rotatable bonds is 21. The molecule has 4 N–H and O–H groups in total. The van der Waals surface area contributed by atoms with Crippen molar-refractivity contribution in [3.63, 3.8) is 0 Å². The number of fused-ring (bicyclic) bond motifs is 6. The first kappa shape index (κ1) is 46.4. The summed E-state index contributed by atoms with van der Waals surface area (Å²) in [6, 6.07) is 13.1. The number of carbonyl (C=O) groups excluding carboxylic acids is 5. The van der Waals surface area contributed by atoms with E-state index < -0.39 is 29.6 Å². The van der Waals surface area contributed by atoms with Crippen LogP contribution in [0.2, 0.25) is 0 Å². The lowest BCUT2D eigenvalue weighted by atomic mass is 9.85. The molecule has 2 aromatic heterocycles. The fraction of sp³-hybridized carbons (Fsp3) is 0.381. The van der Waals surface area contributed by atoms with E-state index in [1.807, 2.05) is 12.1 Å². The third-order valence-corrected chi connectivity index (χ3v) is 14.9. The van der Waals surface area contributed by atoms with E-state index in [0.29, 0.717) is 70.1 Å². The summed E-state index contributed by atoms with van der Waals surface area (Å²) in [6.07, 6.45) is -1.19. The fourth-order valence-electron chi connectivity index (χ4n) is 6.95. The Labute approximate surface area is 381 Å². The second-order valence-corrected chi connectivity index (χ2v) is 19.6. The summed E-state index contributed by atoms with van der Waals surface area (Å²) in [6.45, 7) is 2.60. The maximum atomic E-state index is 13.8. The molecule has 0 fully saturated rings. The number of pyridine rings is 2. The van der Waals surface area contributed by atoms with Crippen molar-refractivity contribution in [2.75, 3.05) is 56.1 Å². The number of benzene rings is 2. The summed E-state index contributed by atoms with van der Waals surface area (Å²) in [4.78, 5) is 81.5. The van der Waals surface area contributed by atoms with Gasteiger partial charge in [0.2, 0.25) is 18.3 Å². The molecule has 2 amide bonds. The molecule has 0 unspecified atom stereocenters. The second-order valence-electron chi connectivity index (χ2n) is 14.2. The van der Waals surface area contributed by atoms with E-state index in [-0.39, 0.29) is 86.5 Å². The zero-order chi connectivity index (χ0) is 45.2. The Bertz CT molecular complexity index is 2520. The Morgan fingerprint density at radius 1 is 0.875 bits per heavy atom. The number of carbonyl (C=O) groups is 5. The van der Waals surface area contributed by atoms with Crippen LogP contribution in [0.3, 0.4) is 0 Å². The zero-order valence-corrected chi connectivity index (χ0v) is 37.7. The van der Waals surface area contributed by atoms with Gasteiger partial charge in [0.1, 0.15) is 31.3 Å². The fourth-order valence-corrected chi connectivity index (χ4v) is 10.4. The van der Waals surface area contributed by atoms with Gasteiger partial charge in [-0.25, -0.2) is 14.6 Å². The van der Waals surface area contributed by atoms with Crippen LogP contribution in [0, 0.1) is 5.41 Å². The van der Waals surface area contributed by atoms with Crippen LogP contribution in [-0.4, -0.2) is 106 Å². The molecular weight excluding hydrogens is 911 g/mol. The number of nitrogens with zero attached hydrogens (tertiary/aromatic N) is 2. The summed E-state index contributed by atoms with van der Waals surface area (Å²) in [5.41, 5.74) is 0.867. The Hall–Kier alpha value is -5.58. The number of phenols is 1. The molecule has 1 atom stereocenters. The van der Waals surface area contributed by atoms with Crippen LogP contribution in [0.1, 0.15) is 48.4 Å². The molecule has 0 saturated carbocycles. The molecular formula is C42H43N5O13S4. The van der Waals surface area contributed by atoms with Gasteiger partial charge in [-0.2, -0.15) is 0 Å². The number of amides is 2. The SMILES string of the molecule is CC[C@@]1(OC(=O)OCCSSCCOC(=O)CCC(=O)NCCSSCCNC(=O)C(=N)c2ccc(O)cc2)C(=O)OCc2c1cc1n(c2=O)Cc2cc3cc4c(cc3nc2-1)OCO4. The van der Waals surface area contributed by atoms with Crippen LogP contribution in [0.15, 0.2) is 53.3 Å². The van der Waals surface area contributed by atoms with Gasteiger partial charge in [0, 0.05) is 70.7 Å². The number of aromatic hydroxyl groups is 1. The van der Waals surface area contributed by atoms with E-state index >= 15 is 0 Å². The van der Waals surface area contributed by atoms with E-state index in [1.54, 1.807) is 23.6 Å². The smallest absolute Gasteiger partial charge is 0.508 e. The average Bonchev–Trinajstić information content (AvgIpc) is 3.90. The molecule has 0 aliphatic carbocycles. The lowest BCUT2D eigenvalue weighted by molar-refractivity contribution is -0.175. The van der Waals surface area contributed by atoms with E-state index in [2.05, 4.69) is 10.6 Å². The number of cyclic esters (lactones) is 1. The van der Waals surface area contributed by atoms with Crippen molar-refractivity contribution in [1.82, 2.24) is 20.2 Å². The van der Waals surface area contributed by atoms with Gasteiger partial charge >= 0.3 is 18.1 Å². The Morgan fingerprint density at radius 2 is 1.56 bits per heavy atom. The van der Waals surface area contributed by atoms with Crippen molar-refractivity contribution < 1.29 is 57.5 Å².